The first-order valence-electron chi connectivity index (χ1n) is 5.74. The first-order valence-corrected chi connectivity index (χ1v) is 7.06. The number of hydrogen-bond donors (Lipinski definition) is 1. The monoisotopic (exact) mass is 281 g/mol. The Balaban J connectivity index is 2.16. The van der Waals surface area contributed by atoms with Crippen LogP contribution in [0.5, 0.6) is 0 Å². The molecule has 0 amide bonds. The SMILES string of the molecule is CN(Cc1cscn1)C(CN)c1ccccc1Cl. The van der Waals surface area contributed by atoms with Crippen molar-refractivity contribution in [1.82, 2.24) is 9.88 Å². The van der Waals surface area contributed by atoms with E-state index in [1.807, 2.05) is 36.8 Å². The van der Waals surface area contributed by atoms with Crippen molar-refractivity contribution in [3.05, 3.63) is 51.4 Å². The molecule has 0 aliphatic rings. The zero-order chi connectivity index (χ0) is 13.0. The van der Waals surface area contributed by atoms with E-state index in [1.165, 1.54) is 0 Å². The summed E-state index contributed by atoms with van der Waals surface area (Å²) in [5.41, 5.74) is 9.86. The molecule has 0 bridgehead atoms. The minimum absolute atomic E-state index is 0.111. The molecule has 0 saturated heterocycles. The average Bonchev–Trinajstić information content (AvgIpc) is 2.85. The summed E-state index contributed by atoms with van der Waals surface area (Å²) in [6, 6.07) is 7.95. The van der Waals surface area contributed by atoms with Crippen LogP contribution in [-0.2, 0) is 6.54 Å². The minimum Gasteiger partial charge on any atom is -0.329 e. The van der Waals surface area contributed by atoms with Crippen LogP contribution < -0.4 is 5.73 Å². The van der Waals surface area contributed by atoms with E-state index in [-0.39, 0.29) is 6.04 Å². The second-order valence-electron chi connectivity index (χ2n) is 4.17. The van der Waals surface area contributed by atoms with E-state index in [2.05, 4.69) is 15.3 Å². The molecule has 1 unspecified atom stereocenters. The fourth-order valence-corrected chi connectivity index (χ4v) is 2.78. The van der Waals surface area contributed by atoms with E-state index in [0.29, 0.717) is 6.54 Å². The van der Waals surface area contributed by atoms with Crippen molar-refractivity contribution in [3.8, 4) is 0 Å². The number of benzene rings is 1. The van der Waals surface area contributed by atoms with Crippen LogP contribution in [0.15, 0.2) is 35.2 Å². The van der Waals surface area contributed by atoms with E-state index in [1.54, 1.807) is 11.3 Å². The number of likely N-dealkylation sites (N-methyl/N-ethyl adjacent to an activating group) is 1. The Labute approximate surface area is 116 Å². The molecular formula is C13H16ClN3S. The zero-order valence-corrected chi connectivity index (χ0v) is 11.8. The van der Waals surface area contributed by atoms with Gasteiger partial charge in [-0.2, -0.15) is 0 Å². The summed E-state index contributed by atoms with van der Waals surface area (Å²) < 4.78 is 0. The van der Waals surface area contributed by atoms with Crippen LogP contribution >= 0.6 is 22.9 Å². The third kappa shape index (κ3) is 3.09. The molecule has 1 aromatic heterocycles. The van der Waals surface area contributed by atoms with E-state index >= 15 is 0 Å². The molecule has 2 aromatic rings. The maximum Gasteiger partial charge on any atom is 0.0795 e. The lowest BCUT2D eigenvalue weighted by molar-refractivity contribution is 0.239. The maximum absolute atomic E-state index is 6.23. The van der Waals surface area contributed by atoms with Gasteiger partial charge in [-0.05, 0) is 18.7 Å². The van der Waals surface area contributed by atoms with Crippen molar-refractivity contribution in [2.45, 2.75) is 12.6 Å². The van der Waals surface area contributed by atoms with Crippen molar-refractivity contribution in [3.63, 3.8) is 0 Å². The summed E-state index contributed by atoms with van der Waals surface area (Å²) in [7, 11) is 2.04. The summed E-state index contributed by atoms with van der Waals surface area (Å²) in [4.78, 5) is 6.47. The standard InChI is InChI=1S/C13H16ClN3S/c1-17(7-10-8-18-9-16-10)13(6-15)11-4-2-3-5-12(11)14/h2-5,8-9,13H,6-7,15H2,1H3. The summed E-state index contributed by atoms with van der Waals surface area (Å²) in [5.74, 6) is 0. The van der Waals surface area contributed by atoms with Gasteiger partial charge in [0.05, 0.1) is 11.2 Å². The third-order valence-corrected chi connectivity index (χ3v) is 3.89. The Kier molecular flexibility index (Phi) is 4.72. The van der Waals surface area contributed by atoms with Gasteiger partial charge in [-0.1, -0.05) is 29.8 Å². The van der Waals surface area contributed by atoms with Gasteiger partial charge in [0.15, 0.2) is 0 Å². The second kappa shape index (κ2) is 6.29. The lowest BCUT2D eigenvalue weighted by Gasteiger charge is -2.27. The lowest BCUT2D eigenvalue weighted by atomic mass is 10.1. The van der Waals surface area contributed by atoms with E-state index in [0.717, 1.165) is 22.8 Å². The highest BCUT2D eigenvalue weighted by Crippen LogP contribution is 2.26. The van der Waals surface area contributed by atoms with Crippen molar-refractivity contribution in [2.75, 3.05) is 13.6 Å². The molecule has 1 aromatic carbocycles. The molecule has 0 saturated carbocycles. The topological polar surface area (TPSA) is 42.2 Å². The van der Waals surface area contributed by atoms with E-state index in [9.17, 15) is 0 Å². The minimum atomic E-state index is 0.111. The zero-order valence-electron chi connectivity index (χ0n) is 10.2. The number of hydrogen-bond acceptors (Lipinski definition) is 4. The molecule has 1 heterocycles. The molecular weight excluding hydrogens is 266 g/mol. The molecule has 18 heavy (non-hydrogen) atoms. The van der Waals surface area contributed by atoms with Gasteiger partial charge in [0.25, 0.3) is 0 Å². The van der Waals surface area contributed by atoms with Crippen LogP contribution in [0, 0.1) is 0 Å². The fourth-order valence-electron chi connectivity index (χ4n) is 1.97. The molecule has 0 aliphatic heterocycles. The summed E-state index contributed by atoms with van der Waals surface area (Å²) in [5, 5.41) is 2.81. The van der Waals surface area contributed by atoms with Crippen molar-refractivity contribution in [2.24, 2.45) is 5.73 Å². The van der Waals surface area contributed by atoms with Gasteiger partial charge in [0.2, 0.25) is 0 Å². The lowest BCUT2D eigenvalue weighted by Crippen LogP contribution is -2.30. The highest BCUT2D eigenvalue weighted by atomic mass is 35.5. The molecule has 0 spiro atoms. The molecule has 2 rings (SSSR count). The number of rotatable bonds is 5. The van der Waals surface area contributed by atoms with Crippen molar-refractivity contribution >= 4 is 22.9 Å². The predicted octanol–water partition coefficient (Wildman–Crippen LogP) is 2.93. The quantitative estimate of drug-likeness (QED) is 0.916. The molecule has 0 aliphatic carbocycles. The van der Waals surface area contributed by atoms with Gasteiger partial charge in [-0.25, -0.2) is 4.98 Å². The Morgan fingerprint density at radius 3 is 2.83 bits per heavy atom. The first-order chi connectivity index (χ1) is 8.72. The van der Waals surface area contributed by atoms with Gasteiger partial charge in [-0.15, -0.1) is 11.3 Å². The van der Waals surface area contributed by atoms with Gasteiger partial charge in [0.1, 0.15) is 0 Å². The highest BCUT2D eigenvalue weighted by Gasteiger charge is 2.18. The number of nitrogens with zero attached hydrogens (tertiary/aromatic N) is 2. The van der Waals surface area contributed by atoms with E-state index in [4.69, 9.17) is 17.3 Å². The molecule has 3 nitrogen and oxygen atoms in total. The summed E-state index contributed by atoms with van der Waals surface area (Å²) >= 11 is 7.83. The maximum atomic E-state index is 6.23. The number of aromatic nitrogens is 1. The molecule has 96 valence electrons. The summed E-state index contributed by atoms with van der Waals surface area (Å²) in [6.45, 7) is 1.31. The largest absolute Gasteiger partial charge is 0.329 e. The van der Waals surface area contributed by atoms with Crippen LogP contribution in [0.2, 0.25) is 5.02 Å². The van der Waals surface area contributed by atoms with Gasteiger partial charge >= 0.3 is 0 Å². The first kappa shape index (κ1) is 13.5. The van der Waals surface area contributed by atoms with Crippen molar-refractivity contribution in [1.29, 1.82) is 0 Å². The fraction of sp³-hybridized carbons (Fsp3) is 0.308. The molecule has 0 fully saturated rings. The van der Waals surface area contributed by atoms with Gasteiger partial charge in [-0.3, -0.25) is 4.90 Å². The highest BCUT2D eigenvalue weighted by molar-refractivity contribution is 7.07. The Morgan fingerprint density at radius 1 is 1.44 bits per heavy atom. The van der Waals surface area contributed by atoms with Crippen molar-refractivity contribution < 1.29 is 0 Å². The average molecular weight is 282 g/mol. The smallest absolute Gasteiger partial charge is 0.0795 e. The van der Waals surface area contributed by atoms with Crippen LogP contribution in [0.3, 0.4) is 0 Å². The van der Waals surface area contributed by atoms with Crippen LogP contribution in [-0.4, -0.2) is 23.5 Å². The van der Waals surface area contributed by atoms with Gasteiger partial charge in [0, 0.05) is 29.5 Å². The van der Waals surface area contributed by atoms with Crippen LogP contribution in [0.1, 0.15) is 17.3 Å². The van der Waals surface area contributed by atoms with E-state index < -0.39 is 0 Å². The predicted molar refractivity (Wildman–Crippen MR) is 76.8 cm³/mol. The number of halogens is 1. The number of thiazole rings is 1. The summed E-state index contributed by atoms with van der Waals surface area (Å²) in [6.07, 6.45) is 0. The van der Waals surface area contributed by atoms with Gasteiger partial charge < -0.3 is 5.73 Å². The Morgan fingerprint density at radius 2 is 2.22 bits per heavy atom. The normalized spacial score (nSPS) is 12.9. The van der Waals surface area contributed by atoms with Crippen LogP contribution in [0.4, 0.5) is 0 Å². The molecule has 0 radical (unpaired) electrons. The Bertz CT molecular complexity index is 487. The molecule has 1 atom stereocenters. The number of nitrogens with two attached hydrogens (primary N) is 1. The second-order valence-corrected chi connectivity index (χ2v) is 5.29. The molecule has 2 N–H and O–H groups in total. The van der Waals surface area contributed by atoms with Crippen LogP contribution in [0.25, 0.3) is 0 Å². The molecule has 5 heteroatoms. The third-order valence-electron chi connectivity index (χ3n) is 2.91. The Hall–Kier alpha value is -0.940.